The van der Waals surface area contributed by atoms with Gasteiger partial charge in [0.25, 0.3) is 0 Å². The third-order valence-electron chi connectivity index (χ3n) is 3.89. The molecule has 4 heteroatoms. The van der Waals surface area contributed by atoms with Gasteiger partial charge < -0.3 is 15.3 Å². The number of carboxylic acids is 1. The number of rotatable bonds is 6. The minimum absolute atomic E-state index is 0.462. The number of nitrogens with zero attached hydrogens (tertiary/aromatic N) is 1. The first kappa shape index (κ1) is 15.0. The topological polar surface area (TPSA) is 52.6 Å². The Bertz CT molecular complexity index is 421. The van der Waals surface area contributed by atoms with Crippen molar-refractivity contribution in [2.75, 3.05) is 26.2 Å². The normalized spacial score (nSPS) is 17.2. The highest BCUT2D eigenvalue weighted by atomic mass is 16.4. The zero-order valence-electron chi connectivity index (χ0n) is 12.1. The molecule has 0 saturated heterocycles. The molecule has 0 radical (unpaired) electrons. The SMILES string of the molecule is CCCNC(CN1CCc2ccccc2CC1)C(=O)O. The minimum atomic E-state index is -0.750. The summed E-state index contributed by atoms with van der Waals surface area (Å²) < 4.78 is 0. The van der Waals surface area contributed by atoms with Crippen LogP contribution >= 0.6 is 0 Å². The molecule has 1 heterocycles. The fourth-order valence-corrected chi connectivity index (χ4v) is 2.70. The summed E-state index contributed by atoms with van der Waals surface area (Å²) in [6.07, 6.45) is 2.97. The van der Waals surface area contributed by atoms with E-state index >= 15 is 0 Å². The summed E-state index contributed by atoms with van der Waals surface area (Å²) in [5, 5.41) is 12.4. The number of hydrogen-bond acceptors (Lipinski definition) is 3. The van der Waals surface area contributed by atoms with Crippen LogP contribution in [0.4, 0.5) is 0 Å². The second kappa shape index (κ2) is 7.41. The first-order chi connectivity index (χ1) is 9.70. The molecule has 2 N–H and O–H groups in total. The number of carbonyl (C=O) groups is 1. The van der Waals surface area contributed by atoms with E-state index in [1.807, 2.05) is 0 Å². The Kier molecular flexibility index (Phi) is 5.56. The first-order valence-corrected chi connectivity index (χ1v) is 7.46. The monoisotopic (exact) mass is 276 g/mol. The van der Waals surface area contributed by atoms with Gasteiger partial charge in [0.15, 0.2) is 0 Å². The Morgan fingerprint density at radius 2 is 1.90 bits per heavy atom. The van der Waals surface area contributed by atoms with E-state index in [0.29, 0.717) is 6.54 Å². The average molecular weight is 276 g/mol. The summed E-state index contributed by atoms with van der Waals surface area (Å²) in [5.41, 5.74) is 2.81. The Morgan fingerprint density at radius 1 is 1.30 bits per heavy atom. The lowest BCUT2D eigenvalue weighted by atomic mass is 10.0. The van der Waals surface area contributed by atoms with Crippen molar-refractivity contribution >= 4 is 5.97 Å². The van der Waals surface area contributed by atoms with Gasteiger partial charge in [-0.25, -0.2) is 0 Å². The Balaban J connectivity index is 1.92. The van der Waals surface area contributed by atoms with Crippen molar-refractivity contribution in [2.24, 2.45) is 0 Å². The van der Waals surface area contributed by atoms with Crippen molar-refractivity contribution in [1.82, 2.24) is 10.2 Å². The predicted octanol–water partition coefficient (Wildman–Crippen LogP) is 1.54. The highest BCUT2D eigenvalue weighted by Gasteiger charge is 2.21. The fraction of sp³-hybridized carbons (Fsp3) is 0.562. The van der Waals surface area contributed by atoms with Gasteiger partial charge in [-0.2, -0.15) is 0 Å². The molecule has 1 aromatic carbocycles. The van der Waals surface area contributed by atoms with Crippen LogP contribution in [-0.4, -0.2) is 48.2 Å². The number of nitrogens with one attached hydrogen (secondary N) is 1. The van der Waals surface area contributed by atoms with Crippen LogP contribution in [0.25, 0.3) is 0 Å². The molecule has 1 atom stereocenters. The molecule has 20 heavy (non-hydrogen) atoms. The zero-order chi connectivity index (χ0) is 14.4. The second-order valence-corrected chi connectivity index (χ2v) is 5.41. The molecule has 0 fully saturated rings. The van der Waals surface area contributed by atoms with Gasteiger partial charge in [-0.1, -0.05) is 31.2 Å². The molecule has 0 aromatic heterocycles. The molecule has 1 aliphatic heterocycles. The van der Waals surface area contributed by atoms with Crippen LogP contribution in [-0.2, 0) is 17.6 Å². The van der Waals surface area contributed by atoms with Crippen molar-refractivity contribution in [2.45, 2.75) is 32.2 Å². The molecule has 1 aromatic rings. The Labute approximate surface area is 120 Å². The molecule has 0 aliphatic carbocycles. The molecular weight excluding hydrogens is 252 g/mol. The summed E-state index contributed by atoms with van der Waals surface area (Å²) in [7, 11) is 0. The van der Waals surface area contributed by atoms with Gasteiger partial charge >= 0.3 is 5.97 Å². The van der Waals surface area contributed by atoms with Crippen LogP contribution < -0.4 is 5.32 Å². The maximum atomic E-state index is 11.3. The molecule has 1 unspecified atom stereocenters. The molecule has 2 rings (SSSR count). The van der Waals surface area contributed by atoms with E-state index in [2.05, 4.69) is 41.4 Å². The van der Waals surface area contributed by atoms with Crippen LogP contribution in [0.2, 0.25) is 0 Å². The van der Waals surface area contributed by atoms with Crippen LogP contribution in [0.15, 0.2) is 24.3 Å². The van der Waals surface area contributed by atoms with Crippen LogP contribution in [0.3, 0.4) is 0 Å². The molecular formula is C16H24N2O2. The standard InChI is InChI=1S/C16H24N2O2/c1-2-9-17-15(16(19)20)12-18-10-7-13-5-3-4-6-14(13)8-11-18/h3-6,15,17H,2,7-12H2,1H3,(H,19,20). The van der Waals surface area contributed by atoms with Crippen LogP contribution in [0.5, 0.6) is 0 Å². The summed E-state index contributed by atoms with van der Waals surface area (Å²) in [5.74, 6) is -0.750. The van der Waals surface area contributed by atoms with Gasteiger partial charge in [0.1, 0.15) is 6.04 Å². The Morgan fingerprint density at radius 3 is 2.40 bits per heavy atom. The molecule has 4 nitrogen and oxygen atoms in total. The maximum Gasteiger partial charge on any atom is 0.322 e. The molecule has 0 bridgehead atoms. The van der Waals surface area contributed by atoms with Gasteiger partial charge in [0.2, 0.25) is 0 Å². The highest BCUT2D eigenvalue weighted by molar-refractivity contribution is 5.73. The quantitative estimate of drug-likeness (QED) is 0.827. The first-order valence-electron chi connectivity index (χ1n) is 7.46. The molecule has 0 spiro atoms. The average Bonchev–Trinajstić information content (AvgIpc) is 2.66. The highest BCUT2D eigenvalue weighted by Crippen LogP contribution is 2.15. The lowest BCUT2D eigenvalue weighted by molar-refractivity contribution is -0.140. The summed E-state index contributed by atoms with van der Waals surface area (Å²) in [4.78, 5) is 13.6. The maximum absolute atomic E-state index is 11.3. The van der Waals surface area contributed by atoms with Gasteiger partial charge in [-0.15, -0.1) is 0 Å². The largest absolute Gasteiger partial charge is 0.480 e. The van der Waals surface area contributed by atoms with Crippen molar-refractivity contribution in [1.29, 1.82) is 0 Å². The van der Waals surface area contributed by atoms with Crippen LogP contribution in [0.1, 0.15) is 24.5 Å². The molecule has 110 valence electrons. The lowest BCUT2D eigenvalue weighted by Crippen LogP contribution is -2.47. The summed E-state index contributed by atoms with van der Waals surface area (Å²) >= 11 is 0. The van der Waals surface area contributed by atoms with Crippen LogP contribution in [0, 0.1) is 0 Å². The van der Waals surface area contributed by atoms with E-state index in [0.717, 1.165) is 38.9 Å². The number of fused-ring (bicyclic) bond motifs is 1. The third kappa shape index (κ3) is 4.05. The van der Waals surface area contributed by atoms with E-state index in [1.54, 1.807) is 0 Å². The fourth-order valence-electron chi connectivity index (χ4n) is 2.70. The lowest BCUT2D eigenvalue weighted by Gasteiger charge is -2.24. The van der Waals surface area contributed by atoms with Crippen molar-refractivity contribution in [3.8, 4) is 0 Å². The zero-order valence-corrected chi connectivity index (χ0v) is 12.1. The molecule has 1 aliphatic rings. The summed E-state index contributed by atoms with van der Waals surface area (Å²) in [6.45, 7) is 5.27. The number of aliphatic carboxylic acids is 1. The second-order valence-electron chi connectivity index (χ2n) is 5.41. The van der Waals surface area contributed by atoms with E-state index in [9.17, 15) is 9.90 Å². The van der Waals surface area contributed by atoms with Gasteiger partial charge in [-0.05, 0) is 36.9 Å². The molecule has 0 saturated carbocycles. The van der Waals surface area contributed by atoms with Crippen molar-refractivity contribution < 1.29 is 9.90 Å². The van der Waals surface area contributed by atoms with Crippen molar-refractivity contribution in [3.63, 3.8) is 0 Å². The number of benzene rings is 1. The van der Waals surface area contributed by atoms with Gasteiger partial charge in [0, 0.05) is 19.6 Å². The number of hydrogen-bond donors (Lipinski definition) is 2. The van der Waals surface area contributed by atoms with E-state index in [4.69, 9.17) is 0 Å². The minimum Gasteiger partial charge on any atom is -0.480 e. The Hall–Kier alpha value is -1.39. The van der Waals surface area contributed by atoms with Gasteiger partial charge in [-0.3, -0.25) is 4.79 Å². The van der Waals surface area contributed by atoms with E-state index in [1.165, 1.54) is 11.1 Å². The number of carboxylic acid groups (broad SMARTS) is 1. The predicted molar refractivity (Wildman–Crippen MR) is 80.0 cm³/mol. The third-order valence-corrected chi connectivity index (χ3v) is 3.89. The van der Waals surface area contributed by atoms with E-state index in [-0.39, 0.29) is 0 Å². The van der Waals surface area contributed by atoms with E-state index < -0.39 is 12.0 Å². The van der Waals surface area contributed by atoms with Gasteiger partial charge in [0.05, 0.1) is 0 Å². The van der Waals surface area contributed by atoms with Crippen molar-refractivity contribution in [3.05, 3.63) is 35.4 Å². The summed E-state index contributed by atoms with van der Waals surface area (Å²) in [6, 6.07) is 8.07. The molecule has 0 amide bonds. The smallest absolute Gasteiger partial charge is 0.322 e.